The number of amides is 1. The molecule has 9 heteroatoms. The molecular weight excluding hydrogens is 335 g/mol. The van der Waals surface area contributed by atoms with Gasteiger partial charge in [0.15, 0.2) is 16.4 Å². The van der Waals surface area contributed by atoms with E-state index in [0.717, 1.165) is 12.1 Å². The van der Waals surface area contributed by atoms with Crippen molar-refractivity contribution in [3.63, 3.8) is 0 Å². The Bertz CT molecular complexity index is 702. The minimum Gasteiger partial charge on any atom is -0.484 e. The van der Waals surface area contributed by atoms with Gasteiger partial charge >= 0.3 is 6.18 Å². The van der Waals surface area contributed by atoms with Crippen LogP contribution in [0.3, 0.4) is 0 Å². The normalized spacial score (nSPS) is 23.5. The van der Waals surface area contributed by atoms with Crippen molar-refractivity contribution >= 4 is 15.7 Å². The molecule has 1 aromatic rings. The van der Waals surface area contributed by atoms with Crippen molar-refractivity contribution in [1.82, 2.24) is 5.32 Å². The van der Waals surface area contributed by atoms with E-state index in [9.17, 15) is 26.4 Å². The van der Waals surface area contributed by atoms with Crippen LogP contribution < -0.4 is 10.1 Å². The molecule has 1 unspecified atom stereocenters. The largest absolute Gasteiger partial charge is 0.484 e. The quantitative estimate of drug-likeness (QED) is 0.898. The monoisotopic (exact) mass is 351 g/mol. The van der Waals surface area contributed by atoms with Gasteiger partial charge in [-0.15, -0.1) is 0 Å². The van der Waals surface area contributed by atoms with Crippen molar-refractivity contribution in [3.05, 3.63) is 29.8 Å². The summed E-state index contributed by atoms with van der Waals surface area (Å²) in [4.78, 5) is 11.8. The number of halogens is 3. The summed E-state index contributed by atoms with van der Waals surface area (Å²) in [5, 5.41) is 2.56. The van der Waals surface area contributed by atoms with E-state index in [-0.39, 0.29) is 17.3 Å². The lowest BCUT2D eigenvalue weighted by Gasteiger charge is -2.23. The number of rotatable bonds is 4. The number of hydrogen-bond donors (Lipinski definition) is 1. The van der Waals surface area contributed by atoms with Crippen LogP contribution in [0.15, 0.2) is 24.3 Å². The highest BCUT2D eigenvalue weighted by Crippen LogP contribution is 2.31. The third kappa shape index (κ3) is 4.85. The van der Waals surface area contributed by atoms with E-state index in [0.29, 0.717) is 6.42 Å². The van der Waals surface area contributed by atoms with Crippen molar-refractivity contribution in [2.24, 2.45) is 0 Å². The number of nitrogens with one attached hydrogen (secondary N) is 1. The molecule has 1 aromatic carbocycles. The summed E-state index contributed by atoms with van der Waals surface area (Å²) in [6.45, 7) is 1.12. The Kier molecular flexibility index (Phi) is 4.61. The molecule has 1 aliphatic heterocycles. The summed E-state index contributed by atoms with van der Waals surface area (Å²) in [7, 11) is -3.17. The molecule has 1 saturated heterocycles. The van der Waals surface area contributed by atoms with Crippen molar-refractivity contribution in [2.75, 3.05) is 18.1 Å². The van der Waals surface area contributed by atoms with Gasteiger partial charge in [0.25, 0.3) is 5.91 Å². The molecule has 128 valence electrons. The zero-order chi connectivity index (χ0) is 17.3. The SMILES string of the molecule is CC1(NC(=O)COc2cccc(C(F)(F)F)c2)CCS(=O)(=O)C1. The standard InChI is InChI=1S/C14H16F3NO4S/c1-13(5-6-23(20,21)9-13)18-12(19)8-22-11-4-2-3-10(7-11)14(15,16)17/h2-4,7H,5-6,8-9H2,1H3,(H,18,19). The Morgan fingerprint density at radius 3 is 2.65 bits per heavy atom. The van der Waals surface area contributed by atoms with Gasteiger partial charge in [0.2, 0.25) is 0 Å². The molecule has 2 rings (SSSR count). The fourth-order valence-corrected chi connectivity index (χ4v) is 4.49. The van der Waals surface area contributed by atoms with Crippen molar-refractivity contribution < 1.29 is 31.1 Å². The Balaban J connectivity index is 1.93. The van der Waals surface area contributed by atoms with Crippen LogP contribution >= 0.6 is 0 Å². The molecule has 1 N–H and O–H groups in total. The minimum atomic E-state index is -4.49. The summed E-state index contributed by atoms with van der Waals surface area (Å²) < 4.78 is 65.7. The van der Waals surface area contributed by atoms with E-state index in [1.54, 1.807) is 6.92 Å². The molecule has 1 atom stereocenters. The van der Waals surface area contributed by atoms with Crippen LogP contribution in [0.25, 0.3) is 0 Å². The van der Waals surface area contributed by atoms with Gasteiger partial charge in [-0.1, -0.05) is 6.07 Å². The van der Waals surface area contributed by atoms with Crippen LogP contribution in [0.5, 0.6) is 5.75 Å². The first-order valence-corrected chi connectivity index (χ1v) is 8.63. The fourth-order valence-electron chi connectivity index (χ4n) is 2.39. The average molecular weight is 351 g/mol. The second-order valence-corrected chi connectivity index (χ2v) is 7.95. The van der Waals surface area contributed by atoms with Gasteiger partial charge in [-0.05, 0) is 31.5 Å². The van der Waals surface area contributed by atoms with E-state index in [1.165, 1.54) is 12.1 Å². The molecule has 0 aromatic heterocycles. The van der Waals surface area contributed by atoms with E-state index < -0.39 is 39.6 Å². The molecule has 23 heavy (non-hydrogen) atoms. The van der Waals surface area contributed by atoms with E-state index in [1.807, 2.05) is 0 Å². The number of benzene rings is 1. The summed E-state index contributed by atoms with van der Waals surface area (Å²) in [5.41, 5.74) is -1.74. The van der Waals surface area contributed by atoms with E-state index >= 15 is 0 Å². The first-order chi connectivity index (χ1) is 10.5. The number of hydrogen-bond acceptors (Lipinski definition) is 4. The number of alkyl halides is 3. The van der Waals surface area contributed by atoms with Crippen LogP contribution in [0, 0.1) is 0 Å². The summed E-state index contributed by atoms with van der Waals surface area (Å²) in [6, 6.07) is 4.19. The van der Waals surface area contributed by atoms with Crippen molar-refractivity contribution in [3.8, 4) is 5.75 Å². The molecule has 1 aliphatic rings. The predicted molar refractivity (Wildman–Crippen MR) is 76.8 cm³/mol. The lowest BCUT2D eigenvalue weighted by molar-refractivity contribution is -0.137. The van der Waals surface area contributed by atoms with Gasteiger partial charge in [-0.3, -0.25) is 4.79 Å². The molecule has 0 aliphatic carbocycles. The maximum atomic E-state index is 12.6. The zero-order valence-electron chi connectivity index (χ0n) is 12.3. The Morgan fingerprint density at radius 1 is 1.39 bits per heavy atom. The molecular formula is C14H16F3NO4S. The van der Waals surface area contributed by atoms with Gasteiger partial charge in [0, 0.05) is 0 Å². The minimum absolute atomic E-state index is 0.00172. The zero-order valence-corrected chi connectivity index (χ0v) is 13.1. The average Bonchev–Trinajstić information content (AvgIpc) is 2.69. The molecule has 5 nitrogen and oxygen atoms in total. The van der Waals surface area contributed by atoms with Gasteiger partial charge in [-0.25, -0.2) is 8.42 Å². The smallest absolute Gasteiger partial charge is 0.416 e. The topological polar surface area (TPSA) is 72.5 Å². The highest BCUT2D eigenvalue weighted by Gasteiger charge is 2.39. The van der Waals surface area contributed by atoms with Crippen molar-refractivity contribution in [2.45, 2.75) is 25.1 Å². The Labute approximate surface area is 131 Å². The maximum absolute atomic E-state index is 12.6. The van der Waals surface area contributed by atoms with Gasteiger partial charge in [0.1, 0.15) is 5.75 Å². The first kappa shape index (κ1) is 17.6. The lowest BCUT2D eigenvalue weighted by Crippen LogP contribution is -2.48. The summed E-state index contributed by atoms with van der Waals surface area (Å²) in [6.07, 6.45) is -4.20. The number of carbonyl (C=O) groups excluding carboxylic acids is 1. The predicted octanol–water partition coefficient (Wildman–Crippen LogP) is 1.78. The van der Waals surface area contributed by atoms with E-state index in [2.05, 4.69) is 5.32 Å². The van der Waals surface area contributed by atoms with Crippen LogP contribution in [0.2, 0.25) is 0 Å². The van der Waals surface area contributed by atoms with Gasteiger partial charge < -0.3 is 10.1 Å². The highest BCUT2D eigenvalue weighted by atomic mass is 32.2. The van der Waals surface area contributed by atoms with Gasteiger partial charge in [-0.2, -0.15) is 13.2 Å². The van der Waals surface area contributed by atoms with Crippen LogP contribution in [-0.4, -0.2) is 38.0 Å². The Morgan fingerprint density at radius 2 is 2.09 bits per heavy atom. The van der Waals surface area contributed by atoms with E-state index in [4.69, 9.17) is 4.74 Å². The lowest BCUT2D eigenvalue weighted by atomic mass is 10.0. The Hall–Kier alpha value is -1.77. The third-order valence-corrected chi connectivity index (χ3v) is 5.38. The third-order valence-electron chi connectivity index (χ3n) is 3.48. The highest BCUT2D eigenvalue weighted by molar-refractivity contribution is 7.91. The number of ether oxygens (including phenoxy) is 1. The second-order valence-electron chi connectivity index (χ2n) is 5.77. The molecule has 1 fully saturated rings. The van der Waals surface area contributed by atoms with Crippen molar-refractivity contribution in [1.29, 1.82) is 0 Å². The molecule has 1 amide bonds. The number of sulfone groups is 1. The summed E-state index contributed by atoms with van der Waals surface area (Å²) >= 11 is 0. The van der Waals surface area contributed by atoms with Crippen LogP contribution in [0.4, 0.5) is 13.2 Å². The number of carbonyl (C=O) groups is 1. The molecule has 0 bridgehead atoms. The second kappa shape index (κ2) is 6.03. The van der Waals surface area contributed by atoms with Gasteiger partial charge in [0.05, 0.1) is 22.6 Å². The van der Waals surface area contributed by atoms with Crippen LogP contribution in [0.1, 0.15) is 18.9 Å². The molecule has 1 heterocycles. The molecule has 0 saturated carbocycles. The summed E-state index contributed by atoms with van der Waals surface area (Å²) in [5.74, 6) is -0.825. The van der Waals surface area contributed by atoms with Crippen LogP contribution in [-0.2, 0) is 20.8 Å². The fraction of sp³-hybridized carbons (Fsp3) is 0.500. The molecule has 0 radical (unpaired) electrons. The first-order valence-electron chi connectivity index (χ1n) is 6.81. The molecule has 0 spiro atoms. The maximum Gasteiger partial charge on any atom is 0.416 e.